The standard InChI is InChI=1S/C14H19ClO4/c1-16-12-9-19-13(14(12)17-2)8-18-7-10-5-3-4-6-11(10)15/h3-6,12-14H,7-9H2,1-2H3/t12-,13+,14+/m1/s1. The third kappa shape index (κ3) is 3.68. The maximum atomic E-state index is 6.07. The molecule has 0 N–H and O–H groups in total. The number of halogens is 1. The SMILES string of the molecule is CO[C@@H]1[C@H](COCc2ccccc2Cl)OC[C@H]1OC. The molecule has 0 amide bonds. The average Bonchev–Trinajstić information content (AvgIpc) is 2.83. The van der Waals surface area contributed by atoms with Gasteiger partial charge in [-0.05, 0) is 11.6 Å². The normalized spacial score (nSPS) is 26.8. The first-order valence-electron chi connectivity index (χ1n) is 6.24. The molecule has 1 aromatic carbocycles. The largest absolute Gasteiger partial charge is 0.376 e. The Morgan fingerprint density at radius 2 is 2.05 bits per heavy atom. The van der Waals surface area contributed by atoms with Crippen molar-refractivity contribution in [2.75, 3.05) is 27.4 Å². The molecular weight excluding hydrogens is 268 g/mol. The molecule has 19 heavy (non-hydrogen) atoms. The van der Waals surface area contributed by atoms with Gasteiger partial charge in [0.05, 0.1) is 19.8 Å². The topological polar surface area (TPSA) is 36.9 Å². The zero-order valence-corrected chi connectivity index (χ0v) is 11.9. The minimum atomic E-state index is -0.0996. The molecule has 0 spiro atoms. The Morgan fingerprint density at radius 3 is 2.74 bits per heavy atom. The summed E-state index contributed by atoms with van der Waals surface area (Å²) in [4.78, 5) is 0. The molecule has 0 aromatic heterocycles. The lowest BCUT2D eigenvalue weighted by atomic mass is 10.1. The van der Waals surface area contributed by atoms with Gasteiger partial charge in [-0.15, -0.1) is 0 Å². The van der Waals surface area contributed by atoms with Crippen LogP contribution in [0, 0.1) is 0 Å². The second-order valence-electron chi connectivity index (χ2n) is 4.45. The first-order valence-corrected chi connectivity index (χ1v) is 6.62. The number of hydrogen-bond acceptors (Lipinski definition) is 4. The van der Waals surface area contributed by atoms with Gasteiger partial charge in [0.2, 0.25) is 0 Å². The first kappa shape index (κ1) is 14.8. The van der Waals surface area contributed by atoms with Crippen molar-refractivity contribution in [3.05, 3.63) is 34.9 Å². The summed E-state index contributed by atoms with van der Waals surface area (Å²) in [5.41, 5.74) is 0.972. The van der Waals surface area contributed by atoms with Crippen molar-refractivity contribution >= 4 is 11.6 Å². The van der Waals surface area contributed by atoms with Crippen molar-refractivity contribution < 1.29 is 18.9 Å². The van der Waals surface area contributed by atoms with Gasteiger partial charge in [0.1, 0.15) is 18.3 Å². The van der Waals surface area contributed by atoms with Crippen LogP contribution in [0.5, 0.6) is 0 Å². The van der Waals surface area contributed by atoms with E-state index in [9.17, 15) is 0 Å². The minimum absolute atomic E-state index is 0.0288. The van der Waals surface area contributed by atoms with Gasteiger partial charge in [0.25, 0.3) is 0 Å². The van der Waals surface area contributed by atoms with E-state index >= 15 is 0 Å². The molecule has 2 rings (SSSR count). The third-order valence-corrected chi connectivity index (χ3v) is 3.65. The first-order chi connectivity index (χ1) is 9.26. The van der Waals surface area contributed by atoms with E-state index in [1.54, 1.807) is 14.2 Å². The van der Waals surface area contributed by atoms with Gasteiger partial charge in [-0.25, -0.2) is 0 Å². The maximum Gasteiger partial charge on any atom is 0.114 e. The van der Waals surface area contributed by atoms with E-state index in [0.717, 1.165) is 5.56 Å². The zero-order chi connectivity index (χ0) is 13.7. The predicted molar refractivity (Wildman–Crippen MR) is 72.4 cm³/mol. The van der Waals surface area contributed by atoms with Gasteiger partial charge >= 0.3 is 0 Å². The molecule has 106 valence electrons. The highest BCUT2D eigenvalue weighted by Gasteiger charge is 2.37. The molecular formula is C14H19ClO4. The number of rotatable bonds is 6. The molecule has 0 bridgehead atoms. The molecule has 0 radical (unpaired) electrons. The van der Waals surface area contributed by atoms with Gasteiger partial charge in [0, 0.05) is 19.2 Å². The Hall–Kier alpha value is -0.650. The molecule has 3 atom stereocenters. The van der Waals surface area contributed by atoms with Crippen molar-refractivity contribution in [3.8, 4) is 0 Å². The molecule has 1 aliphatic heterocycles. The highest BCUT2D eigenvalue weighted by atomic mass is 35.5. The monoisotopic (exact) mass is 286 g/mol. The fraction of sp³-hybridized carbons (Fsp3) is 0.571. The van der Waals surface area contributed by atoms with Gasteiger partial charge in [-0.2, -0.15) is 0 Å². The molecule has 0 saturated carbocycles. The van der Waals surface area contributed by atoms with Crippen LogP contribution in [0.2, 0.25) is 5.02 Å². The summed E-state index contributed by atoms with van der Waals surface area (Å²) < 4.78 is 22.0. The predicted octanol–water partition coefficient (Wildman–Crippen LogP) is 2.29. The number of methoxy groups -OCH3 is 2. The van der Waals surface area contributed by atoms with Crippen molar-refractivity contribution in [2.45, 2.75) is 24.9 Å². The van der Waals surface area contributed by atoms with Crippen molar-refractivity contribution in [3.63, 3.8) is 0 Å². The lowest BCUT2D eigenvalue weighted by Crippen LogP contribution is -2.36. The van der Waals surface area contributed by atoms with Crippen LogP contribution in [-0.4, -0.2) is 45.7 Å². The van der Waals surface area contributed by atoms with Crippen molar-refractivity contribution in [1.82, 2.24) is 0 Å². The van der Waals surface area contributed by atoms with Crippen LogP contribution >= 0.6 is 11.6 Å². The number of benzene rings is 1. The van der Waals surface area contributed by atoms with E-state index in [2.05, 4.69) is 0 Å². The molecule has 0 aliphatic carbocycles. The molecule has 0 unspecified atom stereocenters. The van der Waals surface area contributed by atoms with Crippen LogP contribution in [0.1, 0.15) is 5.56 Å². The van der Waals surface area contributed by atoms with E-state index in [0.29, 0.717) is 24.8 Å². The summed E-state index contributed by atoms with van der Waals surface area (Å²) in [5, 5.41) is 0.716. The van der Waals surface area contributed by atoms with Crippen molar-refractivity contribution in [2.24, 2.45) is 0 Å². The van der Waals surface area contributed by atoms with Crippen molar-refractivity contribution in [1.29, 1.82) is 0 Å². The Bertz CT molecular complexity index is 399. The fourth-order valence-electron chi connectivity index (χ4n) is 2.20. The lowest BCUT2D eigenvalue weighted by Gasteiger charge is -2.20. The highest BCUT2D eigenvalue weighted by molar-refractivity contribution is 6.31. The summed E-state index contributed by atoms with van der Waals surface area (Å²) in [5.74, 6) is 0. The van der Waals surface area contributed by atoms with Crippen LogP contribution in [0.3, 0.4) is 0 Å². The summed E-state index contributed by atoms with van der Waals surface area (Å²) in [7, 11) is 3.32. The second kappa shape index (κ2) is 7.22. The van der Waals surface area contributed by atoms with Crippen LogP contribution < -0.4 is 0 Å². The second-order valence-corrected chi connectivity index (χ2v) is 4.86. The Labute approximate surface area is 118 Å². The number of hydrogen-bond donors (Lipinski definition) is 0. The van der Waals surface area contributed by atoms with E-state index in [1.165, 1.54) is 0 Å². The maximum absolute atomic E-state index is 6.07. The van der Waals surface area contributed by atoms with Crippen LogP contribution in [0.4, 0.5) is 0 Å². The molecule has 1 aromatic rings. The summed E-state index contributed by atoms with van der Waals surface area (Å²) >= 11 is 6.07. The zero-order valence-electron chi connectivity index (χ0n) is 11.2. The highest BCUT2D eigenvalue weighted by Crippen LogP contribution is 2.21. The molecule has 5 heteroatoms. The molecule has 1 saturated heterocycles. The van der Waals surface area contributed by atoms with Gasteiger partial charge in [-0.1, -0.05) is 29.8 Å². The Kier molecular flexibility index (Phi) is 5.60. The van der Waals surface area contributed by atoms with E-state index in [-0.39, 0.29) is 18.3 Å². The van der Waals surface area contributed by atoms with Gasteiger partial charge in [0.15, 0.2) is 0 Å². The van der Waals surface area contributed by atoms with Gasteiger partial charge in [-0.3, -0.25) is 0 Å². The quantitative estimate of drug-likeness (QED) is 0.804. The van der Waals surface area contributed by atoms with E-state index < -0.39 is 0 Å². The van der Waals surface area contributed by atoms with E-state index in [1.807, 2.05) is 24.3 Å². The molecule has 4 nitrogen and oxygen atoms in total. The van der Waals surface area contributed by atoms with Gasteiger partial charge < -0.3 is 18.9 Å². The Morgan fingerprint density at radius 1 is 1.26 bits per heavy atom. The minimum Gasteiger partial charge on any atom is -0.376 e. The van der Waals surface area contributed by atoms with Crippen LogP contribution in [0.25, 0.3) is 0 Å². The molecule has 1 heterocycles. The smallest absolute Gasteiger partial charge is 0.114 e. The van der Waals surface area contributed by atoms with Crippen LogP contribution in [0.15, 0.2) is 24.3 Å². The molecule has 1 fully saturated rings. The summed E-state index contributed by atoms with van der Waals surface area (Å²) in [6.45, 7) is 1.46. The average molecular weight is 287 g/mol. The molecule has 1 aliphatic rings. The summed E-state index contributed by atoms with van der Waals surface area (Å²) in [6.07, 6.45) is -0.215. The Balaban J connectivity index is 1.81. The van der Waals surface area contributed by atoms with Crippen LogP contribution in [-0.2, 0) is 25.6 Å². The third-order valence-electron chi connectivity index (χ3n) is 3.28. The fourth-order valence-corrected chi connectivity index (χ4v) is 2.39. The number of ether oxygens (including phenoxy) is 4. The van der Waals surface area contributed by atoms with E-state index in [4.69, 9.17) is 30.5 Å². The lowest BCUT2D eigenvalue weighted by molar-refractivity contribution is -0.0563. The summed E-state index contributed by atoms with van der Waals surface area (Å²) in [6, 6.07) is 7.64.